The van der Waals surface area contributed by atoms with Gasteiger partial charge in [0.1, 0.15) is 0 Å². The molecule has 0 fully saturated rings. The molecule has 0 atom stereocenters. The first-order valence-electron chi connectivity index (χ1n) is 24.1. The molecular formula is C66H62Ge4. The van der Waals surface area contributed by atoms with Crippen LogP contribution in [0.5, 0.6) is 0 Å². The molecular weight excluding hydrogens is 1080 g/mol. The fourth-order valence-electron chi connectivity index (χ4n) is 7.74. The van der Waals surface area contributed by atoms with Crippen molar-refractivity contribution in [3.05, 3.63) is 300 Å². The zero-order valence-electron chi connectivity index (χ0n) is 41.4. The Morgan fingerprint density at radius 1 is 0.186 bits per heavy atom. The van der Waals surface area contributed by atoms with Crippen molar-refractivity contribution >= 4 is 104 Å². The molecule has 0 aromatic heterocycles. The molecule has 6 radical (unpaired) electrons. The Kier molecular flexibility index (Phi) is 20.6. The molecule has 0 aliphatic carbocycles. The van der Waals surface area contributed by atoms with E-state index in [1.807, 2.05) is 0 Å². The van der Waals surface area contributed by atoms with E-state index in [4.69, 9.17) is 0 Å². The second kappa shape index (κ2) is 27.7. The second-order valence-corrected chi connectivity index (χ2v) is 34.0. The Balaban J connectivity index is 0.000000142. The summed E-state index contributed by atoms with van der Waals surface area (Å²) in [4.78, 5) is 0. The van der Waals surface area contributed by atoms with Crippen molar-refractivity contribution in [1.29, 1.82) is 0 Å². The first kappa shape index (κ1) is 52.2. The predicted molar refractivity (Wildman–Crippen MR) is 312 cm³/mol. The fraction of sp³-hybridized carbons (Fsp3) is 0.0909. The molecule has 0 aliphatic rings. The Bertz CT molecular complexity index is 2510. The van der Waals surface area contributed by atoms with Crippen LogP contribution in [-0.2, 0) is 0 Å². The minimum absolute atomic E-state index is 0.108. The quantitative estimate of drug-likeness (QED) is 0.120. The molecule has 0 spiro atoms. The van der Waals surface area contributed by atoms with E-state index in [0.717, 1.165) is 0 Å². The van der Waals surface area contributed by atoms with E-state index in [9.17, 15) is 0 Å². The summed E-state index contributed by atoms with van der Waals surface area (Å²) in [5.41, 5.74) is 7.97. The predicted octanol–water partition coefficient (Wildman–Crippen LogP) is 8.94. The van der Waals surface area contributed by atoms with Crippen LogP contribution in [-0.4, -0.2) is 59.6 Å². The Morgan fingerprint density at radius 2 is 0.329 bits per heavy atom. The summed E-state index contributed by atoms with van der Waals surface area (Å²) in [5.74, 6) is 0. The molecule has 0 unspecified atom stereocenters. The molecule has 0 aliphatic heterocycles. The molecule has 0 amide bonds. The standard InChI is InChI=1S/2C21H21Ge.2C12H10Ge/c2*1-16-4-10-19(11-5-16)22(20-12-6-17(2)7-13-20)21-14-8-18(3)9-15-21;2*1-3-7-11(8-4-1)13-12-9-5-2-6-10-12/h2*4-15H,1-3H3;2*1-10H. The summed E-state index contributed by atoms with van der Waals surface area (Å²) >= 11 is -3.62. The molecule has 70 heavy (non-hydrogen) atoms. The molecule has 10 aromatic carbocycles. The summed E-state index contributed by atoms with van der Waals surface area (Å²) in [6.07, 6.45) is 0. The molecule has 0 saturated carbocycles. The van der Waals surface area contributed by atoms with Crippen molar-refractivity contribution in [1.82, 2.24) is 0 Å². The van der Waals surface area contributed by atoms with Crippen LogP contribution in [0.3, 0.4) is 0 Å². The minimum atomic E-state index is -1.70. The molecule has 10 rings (SSSR count). The van der Waals surface area contributed by atoms with Gasteiger partial charge < -0.3 is 0 Å². The SMILES string of the molecule is Cc1cc[c]([Ge]([c]2ccc(C)cc2)[c]2ccc(C)cc2)cc1.Cc1cc[c]([Ge]([c]2ccc(C)cc2)[c]2ccc(C)cc2)cc1.c1cc[c]([Ge][c]2ccccc2)cc1.c1cc[c]([Ge][c]2ccccc2)cc1. The average Bonchev–Trinajstić information content (AvgIpc) is 3.39. The van der Waals surface area contributed by atoms with Gasteiger partial charge in [-0.15, -0.1) is 0 Å². The van der Waals surface area contributed by atoms with Gasteiger partial charge in [-0.3, -0.25) is 0 Å². The van der Waals surface area contributed by atoms with Crippen molar-refractivity contribution in [2.75, 3.05) is 0 Å². The Hall–Kier alpha value is -5.63. The average molecular weight is 1150 g/mol. The van der Waals surface area contributed by atoms with E-state index >= 15 is 0 Å². The van der Waals surface area contributed by atoms with Crippen molar-refractivity contribution < 1.29 is 0 Å². The van der Waals surface area contributed by atoms with E-state index in [1.54, 1.807) is 0 Å². The van der Waals surface area contributed by atoms with Gasteiger partial charge in [0.15, 0.2) is 0 Å². The summed E-state index contributed by atoms with van der Waals surface area (Å²) in [7, 11) is 0. The molecule has 0 saturated heterocycles. The van der Waals surface area contributed by atoms with Crippen molar-refractivity contribution in [2.24, 2.45) is 0 Å². The third-order valence-electron chi connectivity index (χ3n) is 11.7. The molecule has 0 heterocycles. The molecule has 0 N–H and O–H groups in total. The first-order chi connectivity index (χ1) is 34.2. The second-order valence-electron chi connectivity index (χ2n) is 17.7. The van der Waals surface area contributed by atoms with Gasteiger partial charge in [0.25, 0.3) is 0 Å². The van der Waals surface area contributed by atoms with Crippen molar-refractivity contribution in [2.45, 2.75) is 41.5 Å². The normalized spacial score (nSPS) is 10.5. The maximum absolute atomic E-state index is 2.32. The number of aryl methyl sites for hydroxylation is 6. The van der Waals surface area contributed by atoms with Crippen LogP contribution in [0, 0.1) is 41.5 Å². The summed E-state index contributed by atoms with van der Waals surface area (Å²) < 4.78 is 15.1. The van der Waals surface area contributed by atoms with Crippen molar-refractivity contribution in [3.8, 4) is 0 Å². The number of benzene rings is 10. The van der Waals surface area contributed by atoms with Crippen LogP contribution in [0.25, 0.3) is 0 Å². The van der Waals surface area contributed by atoms with Crippen LogP contribution < -0.4 is 44.0 Å². The van der Waals surface area contributed by atoms with E-state index < -0.39 is 28.7 Å². The van der Waals surface area contributed by atoms with Crippen LogP contribution in [0.2, 0.25) is 0 Å². The van der Waals surface area contributed by atoms with Gasteiger partial charge in [-0.05, 0) is 0 Å². The van der Waals surface area contributed by atoms with E-state index in [-0.39, 0.29) is 30.9 Å². The molecule has 342 valence electrons. The monoisotopic (exact) mass is 1150 g/mol. The third kappa shape index (κ3) is 16.8. The van der Waals surface area contributed by atoms with Gasteiger partial charge in [-0.25, -0.2) is 0 Å². The molecule has 0 nitrogen and oxygen atoms in total. The van der Waals surface area contributed by atoms with Crippen LogP contribution >= 0.6 is 0 Å². The molecule has 0 bridgehead atoms. The zero-order valence-corrected chi connectivity index (χ0v) is 49.8. The summed E-state index contributed by atoms with van der Waals surface area (Å²) in [5, 5.41) is 0. The van der Waals surface area contributed by atoms with Gasteiger partial charge in [-0.2, -0.15) is 0 Å². The van der Waals surface area contributed by atoms with Crippen molar-refractivity contribution in [3.63, 3.8) is 0 Å². The number of rotatable bonds is 10. The van der Waals surface area contributed by atoms with Gasteiger partial charge >= 0.3 is 445 Å². The molecule has 4 heteroatoms. The number of hydrogen-bond donors (Lipinski definition) is 0. The van der Waals surface area contributed by atoms with E-state index in [2.05, 4.69) is 308 Å². The maximum atomic E-state index is 2.32. The Labute approximate surface area is 441 Å². The Morgan fingerprint density at radius 3 is 0.471 bits per heavy atom. The number of hydrogen-bond acceptors (Lipinski definition) is 0. The fourth-order valence-corrected chi connectivity index (χ4v) is 22.6. The van der Waals surface area contributed by atoms with Crippen LogP contribution in [0.15, 0.2) is 267 Å². The van der Waals surface area contributed by atoms with Gasteiger partial charge in [0.05, 0.1) is 0 Å². The van der Waals surface area contributed by atoms with Gasteiger partial charge in [0, 0.05) is 0 Å². The van der Waals surface area contributed by atoms with E-state index in [0.29, 0.717) is 0 Å². The summed E-state index contributed by atoms with van der Waals surface area (Å²) in [6, 6.07) is 97.7. The van der Waals surface area contributed by atoms with Gasteiger partial charge in [0.2, 0.25) is 0 Å². The topological polar surface area (TPSA) is 0 Å². The van der Waals surface area contributed by atoms with E-state index in [1.165, 1.54) is 77.3 Å². The van der Waals surface area contributed by atoms with Gasteiger partial charge in [-0.1, -0.05) is 0 Å². The zero-order chi connectivity index (χ0) is 48.9. The molecule has 10 aromatic rings. The van der Waals surface area contributed by atoms with Crippen LogP contribution in [0.4, 0.5) is 0 Å². The first-order valence-corrected chi connectivity index (χ1v) is 34.6. The third-order valence-corrected chi connectivity index (χ3v) is 28.4. The van der Waals surface area contributed by atoms with Crippen LogP contribution in [0.1, 0.15) is 33.4 Å². The summed E-state index contributed by atoms with van der Waals surface area (Å²) in [6.45, 7) is 12.9.